The molecule has 1 nitrogen and oxygen atoms in total. The molecular formula is C43H31NSe. The second-order valence-corrected chi connectivity index (χ2v) is 14.8. The van der Waals surface area contributed by atoms with Crippen LogP contribution in [0.4, 0.5) is 17.1 Å². The maximum atomic E-state index is 2.45. The van der Waals surface area contributed by atoms with Gasteiger partial charge in [-0.05, 0) is 0 Å². The molecule has 0 radical (unpaired) electrons. The van der Waals surface area contributed by atoms with Crippen LogP contribution in [0.5, 0.6) is 0 Å². The van der Waals surface area contributed by atoms with Crippen molar-refractivity contribution in [3.63, 3.8) is 0 Å². The summed E-state index contributed by atoms with van der Waals surface area (Å²) in [6, 6.07) is 56.2. The molecule has 1 aliphatic carbocycles. The van der Waals surface area contributed by atoms with Crippen LogP contribution in [0, 0.1) is 0 Å². The van der Waals surface area contributed by atoms with E-state index in [9.17, 15) is 0 Å². The predicted molar refractivity (Wildman–Crippen MR) is 194 cm³/mol. The molecule has 0 saturated carbocycles. The van der Waals surface area contributed by atoms with Crippen molar-refractivity contribution in [1.29, 1.82) is 0 Å². The molecule has 0 amide bonds. The first-order valence-corrected chi connectivity index (χ1v) is 17.3. The minimum absolute atomic E-state index is 0.0610. The molecule has 9 rings (SSSR count). The molecule has 0 bridgehead atoms. The molecule has 0 spiro atoms. The van der Waals surface area contributed by atoms with Crippen LogP contribution in [0.3, 0.4) is 0 Å². The Balaban J connectivity index is 1.23. The molecule has 0 fully saturated rings. The first-order valence-electron chi connectivity index (χ1n) is 15.6. The van der Waals surface area contributed by atoms with Crippen LogP contribution in [0.25, 0.3) is 52.3 Å². The van der Waals surface area contributed by atoms with E-state index in [0.29, 0.717) is 0 Å². The second-order valence-electron chi connectivity index (χ2n) is 12.6. The van der Waals surface area contributed by atoms with Crippen LogP contribution >= 0.6 is 0 Å². The average molecular weight is 641 g/mol. The second kappa shape index (κ2) is 10.1. The SMILES string of the molecule is CC1(C)c2ccccc2-c2ccc(N(c3ccc(-c4ccccc4)cc3)c3ccc4c(c3)[se]c3c5ccccc5ccc43)cc21. The summed E-state index contributed by atoms with van der Waals surface area (Å²) in [7, 11) is 0. The third-order valence-corrected chi connectivity index (χ3v) is 12.2. The van der Waals surface area contributed by atoms with Gasteiger partial charge in [-0.25, -0.2) is 0 Å². The van der Waals surface area contributed by atoms with Gasteiger partial charge in [-0.2, -0.15) is 0 Å². The molecule has 1 aliphatic rings. The van der Waals surface area contributed by atoms with Gasteiger partial charge in [0.05, 0.1) is 0 Å². The number of fused-ring (bicyclic) bond motifs is 8. The van der Waals surface area contributed by atoms with E-state index in [2.05, 4.69) is 170 Å². The number of benzene rings is 7. The predicted octanol–water partition coefficient (Wildman–Crippen LogP) is 11.6. The molecule has 7 aromatic carbocycles. The van der Waals surface area contributed by atoms with Crippen LogP contribution in [-0.2, 0) is 5.41 Å². The summed E-state index contributed by atoms with van der Waals surface area (Å²) in [5.41, 5.74) is 11.4. The normalized spacial score (nSPS) is 13.3. The van der Waals surface area contributed by atoms with Crippen molar-refractivity contribution in [2.24, 2.45) is 0 Å². The number of hydrogen-bond donors (Lipinski definition) is 0. The molecule has 0 saturated heterocycles. The number of rotatable bonds is 4. The van der Waals surface area contributed by atoms with E-state index in [1.54, 1.807) is 0 Å². The van der Waals surface area contributed by atoms with Crippen molar-refractivity contribution in [1.82, 2.24) is 0 Å². The quantitative estimate of drug-likeness (QED) is 0.173. The number of nitrogens with zero attached hydrogens (tertiary/aromatic N) is 1. The standard InChI is InChI=1S/C43H31NSe/c1-43(2)39-15-9-8-14-35(39)36-24-21-32(26-40(36)43)44(31-19-16-29(17-20-31)28-10-4-3-5-11-28)33-22-25-37-38-23-18-30-12-6-7-13-34(30)42(38)45-41(37)27-33/h3-27H,1-2H3. The molecule has 0 aliphatic heterocycles. The Morgan fingerprint density at radius 1 is 0.467 bits per heavy atom. The molecule has 1 heterocycles. The van der Waals surface area contributed by atoms with E-state index < -0.39 is 0 Å². The van der Waals surface area contributed by atoms with Crippen LogP contribution in [-0.4, -0.2) is 14.5 Å². The van der Waals surface area contributed by atoms with Gasteiger partial charge in [0.25, 0.3) is 0 Å². The third kappa shape index (κ3) is 4.14. The van der Waals surface area contributed by atoms with Crippen molar-refractivity contribution in [3.05, 3.63) is 163 Å². The molecule has 8 aromatic rings. The van der Waals surface area contributed by atoms with Gasteiger partial charge in [0.1, 0.15) is 0 Å². The van der Waals surface area contributed by atoms with Crippen LogP contribution < -0.4 is 4.90 Å². The van der Waals surface area contributed by atoms with Gasteiger partial charge in [-0.15, -0.1) is 0 Å². The summed E-state index contributed by atoms with van der Waals surface area (Å²) in [6.45, 7) is 4.72. The Kier molecular flexibility index (Phi) is 5.94. The van der Waals surface area contributed by atoms with Crippen molar-refractivity contribution in [2.75, 3.05) is 4.90 Å². The minimum atomic E-state index is -0.0610. The first kappa shape index (κ1) is 26.5. The van der Waals surface area contributed by atoms with Gasteiger partial charge in [0.2, 0.25) is 0 Å². The third-order valence-electron chi connectivity index (χ3n) is 9.66. The summed E-state index contributed by atoms with van der Waals surface area (Å²) in [5.74, 6) is 0. The Morgan fingerprint density at radius 3 is 1.98 bits per heavy atom. The zero-order valence-electron chi connectivity index (χ0n) is 25.3. The molecule has 1 aromatic heterocycles. The van der Waals surface area contributed by atoms with E-state index in [1.807, 2.05) is 0 Å². The molecular weight excluding hydrogens is 609 g/mol. The van der Waals surface area contributed by atoms with Crippen LogP contribution in [0.15, 0.2) is 152 Å². The Bertz CT molecular complexity index is 2400. The van der Waals surface area contributed by atoms with Crippen LogP contribution in [0.2, 0.25) is 0 Å². The van der Waals surface area contributed by atoms with Crippen molar-refractivity contribution in [2.45, 2.75) is 19.3 Å². The van der Waals surface area contributed by atoms with Gasteiger partial charge in [0, 0.05) is 0 Å². The zero-order valence-corrected chi connectivity index (χ0v) is 27.0. The fourth-order valence-corrected chi connectivity index (χ4v) is 10.0. The summed E-state index contributed by atoms with van der Waals surface area (Å²) >= 11 is 0.242. The monoisotopic (exact) mass is 641 g/mol. The summed E-state index contributed by atoms with van der Waals surface area (Å²) < 4.78 is 2.95. The Hall–Kier alpha value is -4.88. The van der Waals surface area contributed by atoms with Crippen LogP contribution in [0.1, 0.15) is 25.0 Å². The summed E-state index contributed by atoms with van der Waals surface area (Å²) in [4.78, 5) is 2.45. The first-order chi connectivity index (χ1) is 22.1. The molecule has 0 atom stereocenters. The van der Waals surface area contributed by atoms with Gasteiger partial charge < -0.3 is 0 Å². The Morgan fingerprint density at radius 2 is 1.11 bits per heavy atom. The number of hydrogen-bond acceptors (Lipinski definition) is 1. The van der Waals surface area contributed by atoms with Gasteiger partial charge in [-0.1, -0.05) is 0 Å². The van der Waals surface area contributed by atoms with E-state index in [0.717, 1.165) is 5.69 Å². The Labute approximate surface area is 269 Å². The summed E-state index contributed by atoms with van der Waals surface area (Å²) in [6.07, 6.45) is 0. The molecule has 214 valence electrons. The summed E-state index contributed by atoms with van der Waals surface area (Å²) in [5, 5.41) is 5.49. The zero-order chi connectivity index (χ0) is 30.1. The van der Waals surface area contributed by atoms with E-state index >= 15 is 0 Å². The average Bonchev–Trinajstić information content (AvgIpc) is 3.58. The fourth-order valence-electron chi connectivity index (χ4n) is 7.34. The van der Waals surface area contributed by atoms with E-state index in [1.165, 1.54) is 74.8 Å². The van der Waals surface area contributed by atoms with Gasteiger partial charge in [-0.3, -0.25) is 0 Å². The molecule has 0 unspecified atom stereocenters. The van der Waals surface area contributed by atoms with Gasteiger partial charge in [0.15, 0.2) is 0 Å². The van der Waals surface area contributed by atoms with Crippen molar-refractivity contribution < 1.29 is 0 Å². The molecule has 45 heavy (non-hydrogen) atoms. The topological polar surface area (TPSA) is 3.24 Å². The number of anilines is 3. The van der Waals surface area contributed by atoms with E-state index in [4.69, 9.17) is 0 Å². The van der Waals surface area contributed by atoms with Crippen molar-refractivity contribution in [3.8, 4) is 22.3 Å². The van der Waals surface area contributed by atoms with E-state index in [-0.39, 0.29) is 19.9 Å². The molecule has 2 heteroatoms. The molecule has 0 N–H and O–H groups in total. The fraction of sp³-hybridized carbons (Fsp3) is 0.0698. The van der Waals surface area contributed by atoms with Crippen molar-refractivity contribution >= 4 is 61.6 Å². The maximum absolute atomic E-state index is 2.45. The van der Waals surface area contributed by atoms with Gasteiger partial charge >= 0.3 is 271 Å².